The van der Waals surface area contributed by atoms with Crippen molar-refractivity contribution in [2.45, 2.75) is 19.9 Å². The predicted molar refractivity (Wildman–Crippen MR) is 77.4 cm³/mol. The summed E-state index contributed by atoms with van der Waals surface area (Å²) in [5.41, 5.74) is 2.72. The molecule has 0 aliphatic heterocycles. The van der Waals surface area contributed by atoms with E-state index in [-0.39, 0.29) is 11.9 Å². The summed E-state index contributed by atoms with van der Waals surface area (Å²) in [4.78, 5) is 4.31. The molecule has 1 unspecified atom stereocenters. The number of ether oxygens (including phenoxy) is 1. The molecule has 3 nitrogen and oxygen atoms in total. The fraction of sp³-hybridized carbons (Fsp3) is 0.312. The van der Waals surface area contributed by atoms with E-state index in [1.165, 1.54) is 12.1 Å². The first kappa shape index (κ1) is 14.5. The van der Waals surface area contributed by atoms with E-state index in [1.807, 2.05) is 32.2 Å². The Labute approximate surface area is 118 Å². The summed E-state index contributed by atoms with van der Waals surface area (Å²) in [6, 6.07) is 8.37. The molecule has 1 aromatic heterocycles. The van der Waals surface area contributed by atoms with Crippen molar-refractivity contribution in [2.75, 3.05) is 13.7 Å². The molecular formula is C16H19FN2O. The van der Waals surface area contributed by atoms with Crippen LogP contribution < -0.4 is 10.1 Å². The maximum absolute atomic E-state index is 13.6. The van der Waals surface area contributed by atoms with Crippen LogP contribution in [0.25, 0.3) is 0 Å². The van der Waals surface area contributed by atoms with Crippen molar-refractivity contribution < 1.29 is 9.13 Å². The van der Waals surface area contributed by atoms with Crippen molar-refractivity contribution in [3.63, 3.8) is 0 Å². The Hall–Kier alpha value is -1.94. The van der Waals surface area contributed by atoms with Crippen LogP contribution in [0.2, 0.25) is 0 Å². The minimum Gasteiger partial charge on any atom is -0.496 e. The fourth-order valence-electron chi connectivity index (χ4n) is 2.19. The molecule has 20 heavy (non-hydrogen) atoms. The number of methoxy groups -OCH3 is 1. The van der Waals surface area contributed by atoms with Crippen LogP contribution in [-0.2, 0) is 0 Å². The highest BCUT2D eigenvalue weighted by Gasteiger charge is 2.18. The number of benzene rings is 1. The molecule has 106 valence electrons. The molecule has 1 aromatic carbocycles. The first-order valence-electron chi connectivity index (χ1n) is 6.65. The average molecular weight is 274 g/mol. The summed E-state index contributed by atoms with van der Waals surface area (Å²) in [5, 5.41) is 3.35. The monoisotopic (exact) mass is 274 g/mol. The van der Waals surface area contributed by atoms with Gasteiger partial charge in [-0.05, 0) is 43.3 Å². The lowest BCUT2D eigenvalue weighted by atomic mass is 9.98. The number of pyridine rings is 1. The SMILES string of the molecule is CCNC(c1ccc(C)nc1)c1cc(F)ccc1OC. The van der Waals surface area contributed by atoms with Gasteiger partial charge in [0.25, 0.3) is 0 Å². The van der Waals surface area contributed by atoms with Gasteiger partial charge in [0.15, 0.2) is 0 Å². The standard InChI is InChI=1S/C16H19FN2O/c1-4-18-16(12-6-5-11(2)19-10-12)14-9-13(17)7-8-15(14)20-3/h5-10,16,18H,4H2,1-3H3. The summed E-state index contributed by atoms with van der Waals surface area (Å²) in [6.45, 7) is 4.72. The Morgan fingerprint density at radius 3 is 2.70 bits per heavy atom. The second-order valence-corrected chi connectivity index (χ2v) is 4.61. The van der Waals surface area contributed by atoms with Crippen LogP contribution in [0, 0.1) is 12.7 Å². The molecule has 0 amide bonds. The van der Waals surface area contributed by atoms with Gasteiger partial charge in [-0.15, -0.1) is 0 Å². The summed E-state index contributed by atoms with van der Waals surface area (Å²) >= 11 is 0. The Balaban J connectivity index is 2.47. The molecule has 0 saturated heterocycles. The van der Waals surface area contributed by atoms with Gasteiger partial charge >= 0.3 is 0 Å². The third kappa shape index (κ3) is 3.14. The van der Waals surface area contributed by atoms with Crippen LogP contribution in [-0.4, -0.2) is 18.6 Å². The van der Waals surface area contributed by atoms with Crippen molar-refractivity contribution in [1.29, 1.82) is 0 Å². The molecule has 0 aliphatic carbocycles. The van der Waals surface area contributed by atoms with Gasteiger partial charge in [0.1, 0.15) is 11.6 Å². The van der Waals surface area contributed by atoms with Crippen molar-refractivity contribution >= 4 is 0 Å². The molecule has 2 rings (SSSR count). The second kappa shape index (κ2) is 6.48. The van der Waals surface area contributed by atoms with E-state index in [0.717, 1.165) is 23.4 Å². The molecule has 0 fully saturated rings. The molecule has 0 saturated carbocycles. The Kier molecular flexibility index (Phi) is 4.69. The van der Waals surface area contributed by atoms with Gasteiger partial charge in [-0.1, -0.05) is 13.0 Å². The largest absolute Gasteiger partial charge is 0.496 e. The molecular weight excluding hydrogens is 255 g/mol. The molecule has 1 atom stereocenters. The van der Waals surface area contributed by atoms with Crippen molar-refractivity contribution in [1.82, 2.24) is 10.3 Å². The molecule has 0 radical (unpaired) electrons. The fourth-order valence-corrected chi connectivity index (χ4v) is 2.19. The number of aromatic nitrogens is 1. The van der Waals surface area contributed by atoms with Crippen LogP contribution in [0.4, 0.5) is 4.39 Å². The molecule has 2 aromatic rings. The van der Waals surface area contributed by atoms with Gasteiger partial charge in [-0.2, -0.15) is 0 Å². The van der Waals surface area contributed by atoms with Crippen LogP contribution in [0.3, 0.4) is 0 Å². The zero-order valence-corrected chi connectivity index (χ0v) is 12.0. The van der Waals surface area contributed by atoms with E-state index in [2.05, 4.69) is 10.3 Å². The number of halogens is 1. The molecule has 0 bridgehead atoms. The minimum absolute atomic E-state index is 0.140. The molecule has 1 heterocycles. The predicted octanol–water partition coefficient (Wildman–Crippen LogP) is 3.24. The van der Waals surface area contributed by atoms with Crippen molar-refractivity contribution in [2.24, 2.45) is 0 Å². The van der Waals surface area contributed by atoms with Crippen molar-refractivity contribution in [3.05, 3.63) is 59.2 Å². The summed E-state index contributed by atoms with van der Waals surface area (Å²) < 4.78 is 18.9. The van der Waals surface area contributed by atoms with Gasteiger partial charge in [-0.3, -0.25) is 4.98 Å². The van der Waals surface area contributed by atoms with E-state index < -0.39 is 0 Å². The Morgan fingerprint density at radius 1 is 1.30 bits per heavy atom. The van der Waals surface area contributed by atoms with Gasteiger partial charge in [0.2, 0.25) is 0 Å². The first-order chi connectivity index (χ1) is 9.65. The Morgan fingerprint density at radius 2 is 2.10 bits per heavy atom. The molecule has 4 heteroatoms. The smallest absolute Gasteiger partial charge is 0.124 e. The number of hydrogen-bond donors (Lipinski definition) is 1. The second-order valence-electron chi connectivity index (χ2n) is 4.61. The van der Waals surface area contributed by atoms with Gasteiger partial charge in [-0.25, -0.2) is 4.39 Å². The van der Waals surface area contributed by atoms with E-state index >= 15 is 0 Å². The van der Waals surface area contributed by atoms with Crippen LogP contribution in [0.1, 0.15) is 29.8 Å². The normalized spacial score (nSPS) is 12.2. The highest BCUT2D eigenvalue weighted by Crippen LogP contribution is 2.30. The Bertz CT molecular complexity index is 569. The third-order valence-electron chi connectivity index (χ3n) is 3.18. The average Bonchev–Trinajstić information content (AvgIpc) is 2.46. The number of aryl methyl sites for hydroxylation is 1. The number of nitrogens with one attached hydrogen (secondary N) is 1. The van der Waals surface area contributed by atoms with Crippen LogP contribution in [0.15, 0.2) is 36.5 Å². The topological polar surface area (TPSA) is 34.2 Å². The van der Waals surface area contributed by atoms with Crippen LogP contribution in [0.5, 0.6) is 5.75 Å². The van der Waals surface area contributed by atoms with Crippen LogP contribution >= 0.6 is 0 Å². The quantitative estimate of drug-likeness (QED) is 0.909. The van der Waals surface area contributed by atoms with Crippen molar-refractivity contribution in [3.8, 4) is 5.75 Å². The zero-order valence-electron chi connectivity index (χ0n) is 12.0. The highest BCUT2D eigenvalue weighted by molar-refractivity contribution is 5.41. The van der Waals surface area contributed by atoms with Gasteiger partial charge in [0.05, 0.1) is 13.2 Å². The van der Waals surface area contributed by atoms with Gasteiger partial charge in [0, 0.05) is 17.5 Å². The molecule has 0 aliphatic rings. The first-order valence-corrected chi connectivity index (χ1v) is 6.65. The highest BCUT2D eigenvalue weighted by atomic mass is 19.1. The zero-order chi connectivity index (χ0) is 14.5. The van der Waals surface area contributed by atoms with E-state index in [4.69, 9.17) is 4.74 Å². The maximum Gasteiger partial charge on any atom is 0.124 e. The lowest BCUT2D eigenvalue weighted by molar-refractivity contribution is 0.402. The lowest BCUT2D eigenvalue weighted by Crippen LogP contribution is -2.23. The van der Waals surface area contributed by atoms with E-state index in [9.17, 15) is 4.39 Å². The lowest BCUT2D eigenvalue weighted by Gasteiger charge is -2.21. The molecule has 0 spiro atoms. The maximum atomic E-state index is 13.6. The number of rotatable bonds is 5. The van der Waals surface area contributed by atoms with Gasteiger partial charge < -0.3 is 10.1 Å². The molecule has 1 N–H and O–H groups in total. The minimum atomic E-state index is -0.274. The number of hydrogen-bond acceptors (Lipinski definition) is 3. The number of nitrogens with zero attached hydrogens (tertiary/aromatic N) is 1. The summed E-state index contributed by atoms with van der Waals surface area (Å²) in [6.07, 6.45) is 1.81. The summed E-state index contributed by atoms with van der Waals surface area (Å²) in [5.74, 6) is 0.390. The van der Waals surface area contributed by atoms with E-state index in [1.54, 1.807) is 13.2 Å². The van der Waals surface area contributed by atoms with E-state index in [0.29, 0.717) is 5.75 Å². The third-order valence-corrected chi connectivity index (χ3v) is 3.18. The summed E-state index contributed by atoms with van der Waals surface area (Å²) in [7, 11) is 1.59.